The quantitative estimate of drug-likeness (QED) is 0.757. The average molecular weight is 401 g/mol. The molecular weight excluding hydrogens is 379 g/mol. The zero-order valence-corrected chi connectivity index (χ0v) is 16.0. The molecule has 1 aromatic rings. The number of halogens is 2. The predicted octanol–water partition coefficient (Wildman–Crippen LogP) is 1.59. The maximum atomic E-state index is 12.3. The fraction of sp³-hybridized carbons (Fsp3) is 0.471. The SMILES string of the molecule is CN(CC(=O)Nc1ccc(Cl)c(Cl)c1)C(=O)CN1CCC(C(N)=O)CC1. The lowest BCUT2D eigenvalue weighted by Gasteiger charge is -2.31. The van der Waals surface area contributed by atoms with E-state index in [1.165, 1.54) is 4.90 Å². The number of anilines is 1. The summed E-state index contributed by atoms with van der Waals surface area (Å²) in [5.41, 5.74) is 5.82. The van der Waals surface area contributed by atoms with Gasteiger partial charge in [0.05, 0.1) is 23.1 Å². The molecule has 7 nitrogen and oxygen atoms in total. The van der Waals surface area contributed by atoms with Gasteiger partial charge in [-0.25, -0.2) is 0 Å². The summed E-state index contributed by atoms with van der Waals surface area (Å²) in [5, 5.41) is 3.42. The molecule has 1 aromatic carbocycles. The van der Waals surface area contributed by atoms with Crippen molar-refractivity contribution in [3.63, 3.8) is 0 Å². The zero-order chi connectivity index (χ0) is 19.3. The van der Waals surface area contributed by atoms with Crippen LogP contribution >= 0.6 is 23.2 Å². The molecule has 0 bridgehead atoms. The number of hydrogen-bond acceptors (Lipinski definition) is 4. The molecule has 1 aliphatic heterocycles. The van der Waals surface area contributed by atoms with Crippen LogP contribution in [0, 0.1) is 5.92 Å². The van der Waals surface area contributed by atoms with E-state index in [1.807, 2.05) is 4.90 Å². The number of carbonyl (C=O) groups excluding carboxylic acids is 3. The van der Waals surface area contributed by atoms with Gasteiger partial charge in [-0.15, -0.1) is 0 Å². The molecule has 1 fully saturated rings. The van der Waals surface area contributed by atoms with Gasteiger partial charge in [0.15, 0.2) is 0 Å². The monoisotopic (exact) mass is 400 g/mol. The molecule has 1 saturated heterocycles. The Hall–Kier alpha value is -1.83. The molecule has 0 aromatic heterocycles. The molecule has 9 heteroatoms. The van der Waals surface area contributed by atoms with E-state index in [2.05, 4.69) is 5.32 Å². The summed E-state index contributed by atoms with van der Waals surface area (Å²) < 4.78 is 0. The third-order valence-electron chi connectivity index (χ3n) is 4.36. The number of benzene rings is 1. The highest BCUT2D eigenvalue weighted by Gasteiger charge is 2.25. The highest BCUT2D eigenvalue weighted by atomic mass is 35.5. The first kappa shape index (κ1) is 20.5. The van der Waals surface area contributed by atoms with E-state index < -0.39 is 0 Å². The van der Waals surface area contributed by atoms with Crippen molar-refractivity contribution in [3.8, 4) is 0 Å². The topological polar surface area (TPSA) is 95.7 Å². The molecule has 0 unspecified atom stereocenters. The Kier molecular flexibility index (Phi) is 7.25. The first-order chi connectivity index (χ1) is 12.3. The number of rotatable bonds is 6. The Balaban J connectivity index is 1.78. The lowest BCUT2D eigenvalue weighted by atomic mass is 9.96. The predicted molar refractivity (Wildman–Crippen MR) is 101 cm³/mol. The molecule has 0 saturated carbocycles. The van der Waals surface area contributed by atoms with E-state index in [0.717, 1.165) is 0 Å². The molecule has 0 atom stereocenters. The van der Waals surface area contributed by atoms with Gasteiger partial charge in [-0.05, 0) is 44.1 Å². The van der Waals surface area contributed by atoms with Crippen molar-refractivity contribution in [2.24, 2.45) is 11.7 Å². The Morgan fingerprint density at radius 2 is 1.88 bits per heavy atom. The Morgan fingerprint density at radius 1 is 1.23 bits per heavy atom. The van der Waals surface area contributed by atoms with Crippen molar-refractivity contribution in [3.05, 3.63) is 28.2 Å². The Bertz CT molecular complexity index is 691. The standard InChI is InChI=1S/C17H22Cl2N4O3/c1-22(9-15(24)21-12-2-3-13(18)14(19)8-12)16(25)10-23-6-4-11(5-7-23)17(20)26/h2-3,8,11H,4-7,9-10H2,1H3,(H2,20,26)(H,21,24). The third kappa shape index (κ3) is 5.86. The number of hydrogen-bond donors (Lipinski definition) is 2. The van der Waals surface area contributed by atoms with E-state index in [9.17, 15) is 14.4 Å². The number of likely N-dealkylation sites (tertiary alicyclic amines) is 1. The van der Waals surface area contributed by atoms with E-state index in [0.29, 0.717) is 41.7 Å². The van der Waals surface area contributed by atoms with Crippen LogP contribution in [0.25, 0.3) is 0 Å². The van der Waals surface area contributed by atoms with Gasteiger partial charge in [-0.2, -0.15) is 0 Å². The molecule has 1 heterocycles. The minimum absolute atomic E-state index is 0.0726. The normalized spacial score (nSPS) is 15.5. The summed E-state index contributed by atoms with van der Waals surface area (Å²) in [6.45, 7) is 1.42. The highest BCUT2D eigenvalue weighted by Crippen LogP contribution is 2.25. The van der Waals surface area contributed by atoms with Gasteiger partial charge in [-0.3, -0.25) is 19.3 Å². The van der Waals surface area contributed by atoms with Crippen LogP contribution in [-0.2, 0) is 14.4 Å². The Labute approximate surface area is 162 Å². The summed E-state index contributed by atoms with van der Waals surface area (Å²) >= 11 is 11.7. The summed E-state index contributed by atoms with van der Waals surface area (Å²) in [4.78, 5) is 38.9. The molecule has 0 radical (unpaired) electrons. The van der Waals surface area contributed by atoms with Gasteiger partial charge in [0, 0.05) is 18.7 Å². The second-order valence-electron chi connectivity index (χ2n) is 6.38. The summed E-state index contributed by atoms with van der Waals surface area (Å²) in [6, 6.07) is 4.77. The molecule has 2 rings (SSSR count). The van der Waals surface area contributed by atoms with Gasteiger partial charge in [0.2, 0.25) is 17.7 Å². The third-order valence-corrected chi connectivity index (χ3v) is 5.10. The van der Waals surface area contributed by atoms with Crippen LogP contribution in [0.1, 0.15) is 12.8 Å². The van der Waals surface area contributed by atoms with E-state index in [1.54, 1.807) is 25.2 Å². The van der Waals surface area contributed by atoms with Crippen LogP contribution in [0.3, 0.4) is 0 Å². The van der Waals surface area contributed by atoms with E-state index >= 15 is 0 Å². The largest absolute Gasteiger partial charge is 0.369 e. The van der Waals surface area contributed by atoms with Gasteiger partial charge in [0.1, 0.15) is 0 Å². The second-order valence-corrected chi connectivity index (χ2v) is 7.19. The van der Waals surface area contributed by atoms with Gasteiger partial charge < -0.3 is 16.0 Å². The summed E-state index contributed by atoms with van der Waals surface area (Å²) in [5.74, 6) is -0.887. The number of primary amides is 1. The van der Waals surface area contributed by atoms with Crippen LogP contribution < -0.4 is 11.1 Å². The average Bonchev–Trinajstić information content (AvgIpc) is 2.58. The molecule has 3 N–H and O–H groups in total. The molecule has 0 spiro atoms. The van der Waals surface area contributed by atoms with Crippen LogP contribution in [0.4, 0.5) is 5.69 Å². The lowest BCUT2D eigenvalue weighted by Crippen LogP contribution is -2.45. The number of nitrogens with one attached hydrogen (secondary N) is 1. The molecule has 3 amide bonds. The fourth-order valence-electron chi connectivity index (χ4n) is 2.77. The number of likely N-dealkylation sites (N-methyl/N-ethyl adjacent to an activating group) is 1. The fourth-order valence-corrected chi connectivity index (χ4v) is 3.06. The van der Waals surface area contributed by atoms with Crippen molar-refractivity contribution in [1.29, 1.82) is 0 Å². The minimum atomic E-state index is -0.327. The van der Waals surface area contributed by atoms with Crippen LogP contribution in [0.15, 0.2) is 18.2 Å². The summed E-state index contributed by atoms with van der Waals surface area (Å²) in [6.07, 6.45) is 1.31. The Morgan fingerprint density at radius 3 is 2.46 bits per heavy atom. The highest BCUT2D eigenvalue weighted by molar-refractivity contribution is 6.42. The molecular formula is C17H22Cl2N4O3. The number of nitrogens with zero attached hydrogens (tertiary/aromatic N) is 2. The van der Waals surface area contributed by atoms with Crippen LogP contribution in [-0.4, -0.2) is 60.7 Å². The zero-order valence-electron chi connectivity index (χ0n) is 14.5. The van der Waals surface area contributed by atoms with Crippen LogP contribution in [0.5, 0.6) is 0 Å². The second kappa shape index (κ2) is 9.21. The number of carbonyl (C=O) groups is 3. The summed E-state index contributed by atoms with van der Waals surface area (Å²) in [7, 11) is 1.58. The van der Waals surface area contributed by atoms with Gasteiger partial charge >= 0.3 is 0 Å². The molecule has 0 aliphatic carbocycles. The van der Waals surface area contributed by atoms with Gasteiger partial charge in [0.25, 0.3) is 0 Å². The van der Waals surface area contributed by atoms with Crippen LogP contribution in [0.2, 0.25) is 10.0 Å². The lowest BCUT2D eigenvalue weighted by molar-refractivity contribution is -0.134. The number of nitrogens with two attached hydrogens (primary N) is 1. The van der Waals surface area contributed by atoms with E-state index in [4.69, 9.17) is 28.9 Å². The van der Waals surface area contributed by atoms with Gasteiger partial charge in [-0.1, -0.05) is 23.2 Å². The molecule has 142 valence electrons. The van der Waals surface area contributed by atoms with Crippen molar-refractivity contribution >= 4 is 46.6 Å². The first-order valence-electron chi connectivity index (χ1n) is 8.27. The van der Waals surface area contributed by atoms with Crippen molar-refractivity contribution in [2.75, 3.05) is 38.5 Å². The first-order valence-corrected chi connectivity index (χ1v) is 9.02. The van der Waals surface area contributed by atoms with Crippen molar-refractivity contribution < 1.29 is 14.4 Å². The maximum Gasteiger partial charge on any atom is 0.243 e. The number of piperidine rings is 1. The van der Waals surface area contributed by atoms with Crippen molar-refractivity contribution in [1.82, 2.24) is 9.80 Å². The van der Waals surface area contributed by atoms with E-state index in [-0.39, 0.29) is 36.7 Å². The molecule has 1 aliphatic rings. The smallest absolute Gasteiger partial charge is 0.243 e. The number of amides is 3. The molecule has 26 heavy (non-hydrogen) atoms. The minimum Gasteiger partial charge on any atom is -0.369 e. The van der Waals surface area contributed by atoms with Crippen molar-refractivity contribution in [2.45, 2.75) is 12.8 Å². The maximum absolute atomic E-state index is 12.3.